The fraction of sp³-hybridized carbons (Fsp3) is 0.765. The minimum absolute atomic E-state index is 0.263. The van der Waals surface area contributed by atoms with Gasteiger partial charge in [0.1, 0.15) is 11.4 Å². The molecule has 1 aromatic rings. The highest BCUT2D eigenvalue weighted by atomic mass is 16.5. The number of hydrogen-bond acceptors (Lipinski definition) is 4. The topological polar surface area (TPSA) is 47.0 Å². The number of aromatic nitrogens is 2. The minimum atomic E-state index is -0.263. The van der Waals surface area contributed by atoms with Gasteiger partial charge in [0, 0.05) is 24.9 Å². The summed E-state index contributed by atoms with van der Waals surface area (Å²) in [5, 5.41) is 3.34. The molecule has 1 heterocycles. The Morgan fingerprint density at radius 2 is 1.90 bits per heavy atom. The van der Waals surface area contributed by atoms with Crippen molar-refractivity contribution in [1.82, 2.24) is 9.97 Å². The van der Waals surface area contributed by atoms with E-state index < -0.39 is 0 Å². The van der Waals surface area contributed by atoms with Gasteiger partial charge in [-0.05, 0) is 33.1 Å². The molecule has 4 nitrogen and oxygen atoms in total. The smallest absolute Gasteiger partial charge is 0.162 e. The Morgan fingerprint density at radius 1 is 1.14 bits per heavy atom. The van der Waals surface area contributed by atoms with Gasteiger partial charge in [0.15, 0.2) is 5.82 Å². The third kappa shape index (κ3) is 3.94. The van der Waals surface area contributed by atoms with E-state index in [1.165, 1.54) is 19.3 Å². The van der Waals surface area contributed by atoms with Gasteiger partial charge in [-0.3, -0.25) is 0 Å². The highest BCUT2D eigenvalue weighted by molar-refractivity contribution is 5.37. The molecule has 2 rings (SSSR count). The second-order valence-corrected chi connectivity index (χ2v) is 5.84. The van der Waals surface area contributed by atoms with Crippen LogP contribution in [0.1, 0.15) is 70.8 Å². The van der Waals surface area contributed by atoms with Crippen molar-refractivity contribution < 1.29 is 4.74 Å². The maximum Gasteiger partial charge on any atom is 0.162 e. The summed E-state index contributed by atoms with van der Waals surface area (Å²) in [6.07, 6.45) is 7.89. The molecule has 1 aliphatic carbocycles. The van der Waals surface area contributed by atoms with Gasteiger partial charge in [0.25, 0.3) is 0 Å². The van der Waals surface area contributed by atoms with E-state index in [1.54, 1.807) is 0 Å². The molecule has 0 radical (unpaired) electrons. The number of hydrogen-bond donors (Lipinski definition) is 1. The Bertz CT molecular complexity index is 412. The molecule has 21 heavy (non-hydrogen) atoms. The minimum Gasteiger partial charge on any atom is -0.370 e. The fourth-order valence-corrected chi connectivity index (χ4v) is 3.19. The SMILES string of the molecule is CCCc1cc(NCC)nc(C2(OCC)CCCCC2)n1. The second kappa shape index (κ2) is 7.74. The summed E-state index contributed by atoms with van der Waals surface area (Å²) in [7, 11) is 0. The molecule has 0 spiro atoms. The van der Waals surface area contributed by atoms with Gasteiger partial charge in [-0.15, -0.1) is 0 Å². The van der Waals surface area contributed by atoms with Gasteiger partial charge in [-0.2, -0.15) is 0 Å². The van der Waals surface area contributed by atoms with Crippen LogP contribution < -0.4 is 5.32 Å². The van der Waals surface area contributed by atoms with Crippen LogP contribution in [0, 0.1) is 0 Å². The van der Waals surface area contributed by atoms with Gasteiger partial charge >= 0.3 is 0 Å². The summed E-state index contributed by atoms with van der Waals surface area (Å²) in [6.45, 7) is 7.95. The molecule has 0 saturated heterocycles. The van der Waals surface area contributed by atoms with Crippen molar-refractivity contribution in [2.75, 3.05) is 18.5 Å². The van der Waals surface area contributed by atoms with E-state index in [9.17, 15) is 0 Å². The lowest BCUT2D eigenvalue weighted by molar-refractivity contribution is -0.0767. The number of nitrogens with zero attached hydrogens (tertiary/aromatic N) is 2. The van der Waals surface area contributed by atoms with E-state index in [0.29, 0.717) is 0 Å². The maximum atomic E-state index is 6.17. The third-order valence-electron chi connectivity index (χ3n) is 4.13. The average molecular weight is 291 g/mol. The zero-order valence-electron chi connectivity index (χ0n) is 13.7. The molecule has 4 heteroatoms. The molecule has 1 saturated carbocycles. The summed E-state index contributed by atoms with van der Waals surface area (Å²) >= 11 is 0. The summed E-state index contributed by atoms with van der Waals surface area (Å²) in [4.78, 5) is 9.62. The molecular formula is C17H29N3O. The van der Waals surface area contributed by atoms with Gasteiger partial charge in [0.05, 0.1) is 0 Å². The van der Waals surface area contributed by atoms with Crippen LogP contribution in [0.2, 0.25) is 0 Å². The first-order valence-electron chi connectivity index (χ1n) is 8.50. The van der Waals surface area contributed by atoms with Crippen molar-refractivity contribution in [3.05, 3.63) is 17.6 Å². The number of rotatable bonds is 7. The highest BCUT2D eigenvalue weighted by Crippen LogP contribution is 2.39. The molecule has 0 atom stereocenters. The Balaban J connectivity index is 2.37. The van der Waals surface area contributed by atoms with E-state index in [1.807, 2.05) is 0 Å². The van der Waals surface area contributed by atoms with Crippen molar-refractivity contribution >= 4 is 5.82 Å². The highest BCUT2D eigenvalue weighted by Gasteiger charge is 2.37. The number of aryl methyl sites for hydroxylation is 1. The van der Waals surface area contributed by atoms with Crippen LogP contribution in [0.25, 0.3) is 0 Å². The van der Waals surface area contributed by atoms with E-state index in [2.05, 4.69) is 32.2 Å². The normalized spacial score (nSPS) is 17.7. The fourth-order valence-electron chi connectivity index (χ4n) is 3.19. The van der Waals surface area contributed by atoms with Crippen LogP contribution in [0.15, 0.2) is 6.07 Å². The molecular weight excluding hydrogens is 262 g/mol. The Hall–Kier alpha value is -1.16. The van der Waals surface area contributed by atoms with Crippen LogP contribution in [0.4, 0.5) is 5.82 Å². The Labute approximate surface area is 128 Å². The quantitative estimate of drug-likeness (QED) is 0.823. The monoisotopic (exact) mass is 291 g/mol. The molecule has 0 aromatic carbocycles. The summed E-state index contributed by atoms with van der Waals surface area (Å²) in [6, 6.07) is 2.08. The lowest BCUT2D eigenvalue weighted by Crippen LogP contribution is -2.35. The standard InChI is InChI=1S/C17H29N3O/c1-4-10-14-13-15(18-5-2)20-16(19-14)17(21-6-3)11-8-7-9-12-17/h13H,4-12H2,1-3H3,(H,18,19,20). The summed E-state index contributed by atoms with van der Waals surface area (Å²) in [5.41, 5.74) is 0.865. The number of nitrogens with one attached hydrogen (secondary N) is 1. The van der Waals surface area contributed by atoms with Crippen LogP contribution >= 0.6 is 0 Å². The first kappa shape index (κ1) is 16.2. The average Bonchev–Trinajstić information content (AvgIpc) is 2.49. The van der Waals surface area contributed by atoms with Crippen LogP contribution in [-0.2, 0) is 16.8 Å². The van der Waals surface area contributed by atoms with E-state index in [4.69, 9.17) is 14.7 Å². The Kier molecular flexibility index (Phi) is 5.97. The van der Waals surface area contributed by atoms with Gasteiger partial charge in [-0.1, -0.05) is 32.6 Å². The van der Waals surface area contributed by atoms with Crippen molar-refractivity contribution in [2.45, 2.75) is 71.3 Å². The van der Waals surface area contributed by atoms with Crippen molar-refractivity contribution in [3.63, 3.8) is 0 Å². The predicted molar refractivity (Wildman–Crippen MR) is 86.6 cm³/mol. The molecule has 0 amide bonds. The molecule has 118 valence electrons. The number of anilines is 1. The van der Waals surface area contributed by atoms with Crippen molar-refractivity contribution in [3.8, 4) is 0 Å². The first-order chi connectivity index (χ1) is 10.2. The zero-order valence-corrected chi connectivity index (χ0v) is 13.7. The van der Waals surface area contributed by atoms with Gasteiger partial charge in [0.2, 0.25) is 0 Å². The van der Waals surface area contributed by atoms with Gasteiger partial charge < -0.3 is 10.1 Å². The lowest BCUT2D eigenvalue weighted by Gasteiger charge is -2.35. The van der Waals surface area contributed by atoms with E-state index in [0.717, 1.165) is 56.2 Å². The van der Waals surface area contributed by atoms with Crippen LogP contribution in [-0.4, -0.2) is 23.1 Å². The maximum absolute atomic E-state index is 6.17. The predicted octanol–water partition coefficient (Wildman–Crippen LogP) is 4.06. The second-order valence-electron chi connectivity index (χ2n) is 5.84. The van der Waals surface area contributed by atoms with Crippen LogP contribution in [0.3, 0.4) is 0 Å². The summed E-state index contributed by atoms with van der Waals surface area (Å²) in [5.74, 6) is 1.83. The molecule has 1 fully saturated rings. The Morgan fingerprint density at radius 3 is 2.52 bits per heavy atom. The first-order valence-corrected chi connectivity index (χ1v) is 8.50. The molecule has 0 aliphatic heterocycles. The molecule has 1 aliphatic rings. The summed E-state index contributed by atoms with van der Waals surface area (Å²) < 4.78 is 6.17. The largest absolute Gasteiger partial charge is 0.370 e. The zero-order chi connectivity index (χ0) is 15.1. The van der Waals surface area contributed by atoms with Gasteiger partial charge in [-0.25, -0.2) is 9.97 Å². The van der Waals surface area contributed by atoms with E-state index >= 15 is 0 Å². The third-order valence-corrected chi connectivity index (χ3v) is 4.13. The lowest BCUT2D eigenvalue weighted by atomic mass is 9.83. The van der Waals surface area contributed by atoms with Crippen LogP contribution in [0.5, 0.6) is 0 Å². The molecule has 0 unspecified atom stereocenters. The van der Waals surface area contributed by atoms with Crippen molar-refractivity contribution in [2.24, 2.45) is 0 Å². The molecule has 1 N–H and O–H groups in total. The molecule has 1 aromatic heterocycles. The number of ether oxygens (including phenoxy) is 1. The van der Waals surface area contributed by atoms with Crippen molar-refractivity contribution in [1.29, 1.82) is 0 Å². The molecule has 0 bridgehead atoms. The van der Waals surface area contributed by atoms with E-state index in [-0.39, 0.29) is 5.60 Å².